The van der Waals surface area contributed by atoms with Crippen LogP contribution in [0.4, 0.5) is 0 Å². The molecule has 2 heteroatoms. The van der Waals surface area contributed by atoms with Crippen LogP contribution in [0.1, 0.15) is 0 Å². The van der Waals surface area contributed by atoms with Gasteiger partial charge in [-0.05, 0) is 22.2 Å². The SMILES string of the molecule is c1ccc2c(c1)ccc1ccc3scnc3c12. The van der Waals surface area contributed by atoms with Gasteiger partial charge in [-0.3, -0.25) is 0 Å². The Morgan fingerprint density at radius 1 is 0.824 bits per heavy atom. The molecule has 0 aliphatic carbocycles. The summed E-state index contributed by atoms with van der Waals surface area (Å²) in [5, 5.41) is 5.12. The Kier molecular flexibility index (Phi) is 1.76. The third-order valence-corrected chi connectivity index (χ3v) is 4.00. The molecule has 0 fully saturated rings. The van der Waals surface area contributed by atoms with Crippen molar-refractivity contribution in [2.45, 2.75) is 0 Å². The molecule has 4 rings (SSSR count). The van der Waals surface area contributed by atoms with Gasteiger partial charge in [0.1, 0.15) is 0 Å². The van der Waals surface area contributed by atoms with Gasteiger partial charge < -0.3 is 0 Å². The molecule has 3 aromatic carbocycles. The van der Waals surface area contributed by atoms with Crippen LogP contribution < -0.4 is 0 Å². The fourth-order valence-corrected chi connectivity index (χ4v) is 3.10. The molecule has 1 heterocycles. The Morgan fingerprint density at radius 3 is 2.65 bits per heavy atom. The number of thiazole rings is 1. The number of hydrogen-bond acceptors (Lipinski definition) is 2. The highest BCUT2D eigenvalue weighted by molar-refractivity contribution is 7.16. The van der Waals surface area contributed by atoms with Crippen molar-refractivity contribution < 1.29 is 0 Å². The molecule has 0 spiro atoms. The lowest BCUT2D eigenvalue weighted by molar-refractivity contribution is 1.52. The number of aromatic nitrogens is 1. The summed E-state index contributed by atoms with van der Waals surface area (Å²) in [4.78, 5) is 4.52. The summed E-state index contributed by atoms with van der Waals surface area (Å²) in [6, 6.07) is 17.2. The molecule has 0 amide bonds. The molecular weight excluding hydrogens is 226 g/mol. The smallest absolute Gasteiger partial charge is 0.0896 e. The van der Waals surface area contributed by atoms with E-state index in [0.29, 0.717) is 0 Å². The second kappa shape index (κ2) is 3.28. The van der Waals surface area contributed by atoms with Gasteiger partial charge in [0.05, 0.1) is 15.7 Å². The highest BCUT2D eigenvalue weighted by Crippen LogP contribution is 2.32. The zero-order valence-corrected chi connectivity index (χ0v) is 9.87. The van der Waals surface area contributed by atoms with Crippen LogP contribution in [0.3, 0.4) is 0 Å². The van der Waals surface area contributed by atoms with E-state index in [1.165, 1.54) is 26.2 Å². The lowest BCUT2D eigenvalue weighted by Gasteiger charge is -2.04. The first-order valence-corrected chi connectivity index (χ1v) is 6.45. The van der Waals surface area contributed by atoms with E-state index in [-0.39, 0.29) is 0 Å². The van der Waals surface area contributed by atoms with Crippen LogP contribution in [-0.2, 0) is 0 Å². The molecule has 1 nitrogen and oxygen atoms in total. The number of rotatable bonds is 0. The minimum Gasteiger partial charge on any atom is -0.244 e. The molecule has 0 saturated heterocycles. The second-order valence-electron chi connectivity index (χ2n) is 4.15. The van der Waals surface area contributed by atoms with Gasteiger partial charge in [-0.2, -0.15) is 0 Å². The van der Waals surface area contributed by atoms with Crippen LogP contribution in [0.5, 0.6) is 0 Å². The minimum atomic E-state index is 1.13. The third-order valence-electron chi connectivity index (χ3n) is 3.21. The van der Waals surface area contributed by atoms with Crippen molar-refractivity contribution in [3.05, 3.63) is 54.0 Å². The first-order valence-electron chi connectivity index (χ1n) is 5.57. The van der Waals surface area contributed by atoms with Gasteiger partial charge in [0.25, 0.3) is 0 Å². The van der Waals surface area contributed by atoms with Gasteiger partial charge in [0, 0.05) is 5.39 Å². The van der Waals surface area contributed by atoms with Gasteiger partial charge >= 0.3 is 0 Å². The van der Waals surface area contributed by atoms with Crippen molar-refractivity contribution in [3.63, 3.8) is 0 Å². The predicted octanol–water partition coefficient (Wildman–Crippen LogP) is 4.60. The highest BCUT2D eigenvalue weighted by atomic mass is 32.1. The molecule has 0 N–H and O–H groups in total. The summed E-state index contributed by atoms with van der Waals surface area (Å²) in [5.74, 6) is 0. The fraction of sp³-hybridized carbons (Fsp3) is 0. The lowest BCUT2D eigenvalue weighted by Crippen LogP contribution is -1.79. The molecular formula is C15H9NS. The Bertz CT molecular complexity index is 845. The number of fused-ring (bicyclic) bond motifs is 5. The van der Waals surface area contributed by atoms with Gasteiger partial charge in [0.2, 0.25) is 0 Å². The zero-order chi connectivity index (χ0) is 11.2. The standard InChI is InChI=1S/C15H9NS/c1-2-4-12-10(3-1)5-6-11-7-8-13-15(14(11)12)16-9-17-13/h1-9H. The maximum absolute atomic E-state index is 4.52. The molecule has 1 aromatic heterocycles. The molecule has 0 unspecified atom stereocenters. The zero-order valence-electron chi connectivity index (χ0n) is 9.05. The van der Waals surface area contributed by atoms with Crippen LogP contribution in [0, 0.1) is 0 Å². The number of hydrogen-bond donors (Lipinski definition) is 0. The van der Waals surface area contributed by atoms with Crippen LogP contribution in [0.25, 0.3) is 31.8 Å². The van der Waals surface area contributed by atoms with Crippen molar-refractivity contribution in [1.29, 1.82) is 0 Å². The Hall–Kier alpha value is -1.93. The molecule has 17 heavy (non-hydrogen) atoms. The molecule has 0 bridgehead atoms. The summed E-state index contributed by atoms with van der Waals surface area (Å²) in [6.45, 7) is 0. The summed E-state index contributed by atoms with van der Waals surface area (Å²) < 4.78 is 1.26. The van der Waals surface area contributed by atoms with Gasteiger partial charge in [-0.25, -0.2) is 4.98 Å². The van der Waals surface area contributed by atoms with E-state index in [4.69, 9.17) is 0 Å². The number of benzene rings is 3. The average Bonchev–Trinajstić information content (AvgIpc) is 2.86. The van der Waals surface area contributed by atoms with E-state index in [0.717, 1.165) is 5.52 Å². The van der Waals surface area contributed by atoms with E-state index in [9.17, 15) is 0 Å². The minimum absolute atomic E-state index is 1.13. The van der Waals surface area contributed by atoms with Crippen LogP contribution in [-0.4, -0.2) is 4.98 Å². The molecule has 0 saturated carbocycles. The maximum Gasteiger partial charge on any atom is 0.0896 e. The first kappa shape index (κ1) is 9.14. The summed E-state index contributed by atoms with van der Waals surface area (Å²) in [7, 11) is 0. The molecule has 4 aromatic rings. The van der Waals surface area contributed by atoms with E-state index in [2.05, 4.69) is 53.5 Å². The van der Waals surface area contributed by atoms with Crippen molar-refractivity contribution in [2.24, 2.45) is 0 Å². The van der Waals surface area contributed by atoms with E-state index >= 15 is 0 Å². The monoisotopic (exact) mass is 235 g/mol. The molecule has 0 aliphatic heterocycles. The normalized spacial score (nSPS) is 11.5. The Balaban J connectivity index is 2.41. The van der Waals surface area contributed by atoms with E-state index < -0.39 is 0 Å². The third kappa shape index (κ3) is 1.22. The van der Waals surface area contributed by atoms with Crippen LogP contribution in [0.15, 0.2) is 54.0 Å². The van der Waals surface area contributed by atoms with Gasteiger partial charge in [-0.1, -0.05) is 42.5 Å². The van der Waals surface area contributed by atoms with Crippen molar-refractivity contribution in [3.8, 4) is 0 Å². The van der Waals surface area contributed by atoms with E-state index in [1.54, 1.807) is 11.3 Å². The summed E-state index contributed by atoms with van der Waals surface area (Å²) in [5.41, 5.74) is 3.05. The predicted molar refractivity (Wildman–Crippen MR) is 74.6 cm³/mol. The maximum atomic E-state index is 4.52. The first-order chi connectivity index (χ1) is 8.43. The highest BCUT2D eigenvalue weighted by Gasteiger charge is 2.06. The van der Waals surface area contributed by atoms with Crippen molar-refractivity contribution in [2.75, 3.05) is 0 Å². The van der Waals surface area contributed by atoms with E-state index in [1.807, 2.05) is 5.51 Å². The summed E-state index contributed by atoms with van der Waals surface area (Å²) >= 11 is 1.70. The average molecular weight is 235 g/mol. The second-order valence-corrected chi connectivity index (χ2v) is 5.04. The molecule has 80 valence electrons. The van der Waals surface area contributed by atoms with Crippen LogP contribution >= 0.6 is 11.3 Å². The quantitative estimate of drug-likeness (QED) is 0.406. The largest absolute Gasteiger partial charge is 0.244 e. The topological polar surface area (TPSA) is 12.9 Å². The van der Waals surface area contributed by atoms with Crippen molar-refractivity contribution >= 4 is 43.1 Å². The number of nitrogens with zero attached hydrogens (tertiary/aromatic N) is 1. The Morgan fingerprint density at radius 2 is 1.65 bits per heavy atom. The Labute approximate surface area is 102 Å². The van der Waals surface area contributed by atoms with Gasteiger partial charge in [-0.15, -0.1) is 11.3 Å². The molecule has 0 radical (unpaired) electrons. The fourth-order valence-electron chi connectivity index (χ4n) is 2.42. The molecule has 0 atom stereocenters. The summed E-state index contributed by atoms with van der Waals surface area (Å²) in [6.07, 6.45) is 0. The van der Waals surface area contributed by atoms with Crippen molar-refractivity contribution in [1.82, 2.24) is 4.98 Å². The lowest BCUT2D eigenvalue weighted by atomic mass is 10.0. The molecule has 0 aliphatic rings. The van der Waals surface area contributed by atoms with Crippen LogP contribution in [0.2, 0.25) is 0 Å². The van der Waals surface area contributed by atoms with Gasteiger partial charge in [0.15, 0.2) is 0 Å².